The summed E-state index contributed by atoms with van der Waals surface area (Å²) in [5, 5.41) is 0.310. The molecule has 0 fully saturated rings. The summed E-state index contributed by atoms with van der Waals surface area (Å²) in [6.07, 6.45) is 0. The summed E-state index contributed by atoms with van der Waals surface area (Å²) in [5.74, 6) is 0.514. The molecule has 19 heavy (non-hydrogen) atoms. The molecule has 1 unspecified atom stereocenters. The van der Waals surface area contributed by atoms with Crippen molar-refractivity contribution in [2.75, 3.05) is 0 Å². The zero-order chi connectivity index (χ0) is 13.4. The Balaban J connectivity index is 2.21. The molecule has 5 heteroatoms. The predicted octanol–water partition coefficient (Wildman–Crippen LogP) is 3.95. The predicted molar refractivity (Wildman–Crippen MR) is 79.9 cm³/mol. The molecule has 0 aliphatic carbocycles. The van der Waals surface area contributed by atoms with E-state index in [0.29, 0.717) is 11.2 Å². The molecule has 0 saturated heterocycles. The number of rotatable bonds is 2. The number of aromatic amines is 1. The third kappa shape index (κ3) is 2.29. The van der Waals surface area contributed by atoms with E-state index in [1.165, 1.54) is 11.3 Å². The highest BCUT2D eigenvalue weighted by atomic mass is 35.5. The minimum atomic E-state index is -0.306. The summed E-state index contributed by atoms with van der Waals surface area (Å²) in [7, 11) is 0. The van der Waals surface area contributed by atoms with Gasteiger partial charge in [-0.2, -0.15) is 0 Å². The van der Waals surface area contributed by atoms with Crippen LogP contribution in [0.1, 0.15) is 18.1 Å². The van der Waals surface area contributed by atoms with Crippen molar-refractivity contribution in [1.29, 1.82) is 0 Å². The first-order valence-corrected chi connectivity index (χ1v) is 7.13. The van der Waals surface area contributed by atoms with Crippen LogP contribution >= 0.6 is 22.9 Å². The van der Waals surface area contributed by atoms with Gasteiger partial charge < -0.3 is 4.98 Å². The maximum atomic E-state index is 12.0. The molecule has 0 aliphatic rings. The van der Waals surface area contributed by atoms with E-state index < -0.39 is 0 Å². The molecule has 1 aromatic carbocycles. The van der Waals surface area contributed by atoms with E-state index in [1.54, 1.807) is 6.92 Å². The molecule has 96 valence electrons. The molecule has 1 N–H and O–H groups in total. The molecule has 0 spiro atoms. The van der Waals surface area contributed by atoms with Crippen LogP contribution in [0.4, 0.5) is 0 Å². The molecule has 3 aromatic rings. The number of nitrogens with zero attached hydrogens (tertiary/aromatic N) is 1. The molecular formula is C14H11ClN2OS. The van der Waals surface area contributed by atoms with Gasteiger partial charge in [-0.15, -0.1) is 22.9 Å². The molecule has 3 rings (SSSR count). The van der Waals surface area contributed by atoms with Gasteiger partial charge in [0.1, 0.15) is 10.7 Å². The minimum absolute atomic E-state index is 0.133. The third-order valence-electron chi connectivity index (χ3n) is 2.86. The van der Waals surface area contributed by atoms with Gasteiger partial charge in [-0.25, -0.2) is 4.98 Å². The van der Waals surface area contributed by atoms with Crippen LogP contribution in [0.2, 0.25) is 0 Å². The lowest BCUT2D eigenvalue weighted by molar-refractivity contribution is 0.917. The van der Waals surface area contributed by atoms with E-state index in [0.717, 1.165) is 15.3 Å². The lowest BCUT2D eigenvalue weighted by Crippen LogP contribution is -2.10. The second-order valence-corrected chi connectivity index (χ2v) is 5.95. The monoisotopic (exact) mass is 290 g/mol. The maximum absolute atomic E-state index is 12.0. The molecule has 3 nitrogen and oxygen atoms in total. The van der Waals surface area contributed by atoms with Gasteiger partial charge >= 0.3 is 0 Å². The van der Waals surface area contributed by atoms with Crippen LogP contribution in [0.25, 0.3) is 20.7 Å². The van der Waals surface area contributed by atoms with Gasteiger partial charge in [-0.05, 0) is 18.6 Å². The highest BCUT2D eigenvalue weighted by molar-refractivity contribution is 7.21. The Bertz CT molecular complexity index is 777. The van der Waals surface area contributed by atoms with E-state index in [2.05, 4.69) is 9.97 Å². The molecular weight excluding hydrogens is 280 g/mol. The Morgan fingerprint density at radius 3 is 2.74 bits per heavy atom. The Morgan fingerprint density at radius 1 is 1.32 bits per heavy atom. The van der Waals surface area contributed by atoms with Crippen molar-refractivity contribution in [2.45, 2.75) is 12.3 Å². The highest BCUT2D eigenvalue weighted by Gasteiger charge is 2.12. The summed E-state index contributed by atoms with van der Waals surface area (Å²) in [4.78, 5) is 20.9. The van der Waals surface area contributed by atoms with Gasteiger partial charge in [-0.3, -0.25) is 4.79 Å². The van der Waals surface area contributed by atoms with Crippen LogP contribution in [-0.4, -0.2) is 9.97 Å². The van der Waals surface area contributed by atoms with Crippen LogP contribution in [0.5, 0.6) is 0 Å². The van der Waals surface area contributed by atoms with Crippen molar-refractivity contribution in [3.8, 4) is 10.4 Å². The molecule has 0 radical (unpaired) electrons. The molecule has 0 aliphatic heterocycles. The van der Waals surface area contributed by atoms with Crippen LogP contribution < -0.4 is 5.56 Å². The van der Waals surface area contributed by atoms with E-state index in [9.17, 15) is 4.79 Å². The second-order valence-electron chi connectivity index (χ2n) is 4.26. The number of H-pyrrole nitrogens is 1. The van der Waals surface area contributed by atoms with Crippen molar-refractivity contribution in [3.63, 3.8) is 0 Å². The van der Waals surface area contributed by atoms with Crippen molar-refractivity contribution in [3.05, 3.63) is 52.6 Å². The smallest absolute Gasteiger partial charge is 0.259 e. The number of fused-ring (bicyclic) bond motifs is 1. The van der Waals surface area contributed by atoms with Crippen molar-refractivity contribution >= 4 is 33.2 Å². The Kier molecular flexibility index (Phi) is 3.12. The number of alkyl halides is 1. The standard InChI is InChI=1S/C14H11ClN2OS/c1-8(15)12-16-13(18)10-7-11(19-14(10)17-12)9-5-3-2-4-6-9/h2-8H,1H3,(H,16,17,18). The molecule has 0 amide bonds. The Labute approximate surface area is 118 Å². The third-order valence-corrected chi connectivity index (χ3v) is 4.14. The number of benzene rings is 1. The lowest BCUT2D eigenvalue weighted by Gasteiger charge is -2.00. The first kappa shape index (κ1) is 12.4. The van der Waals surface area contributed by atoms with E-state index in [4.69, 9.17) is 11.6 Å². The van der Waals surface area contributed by atoms with E-state index in [-0.39, 0.29) is 10.9 Å². The van der Waals surface area contributed by atoms with E-state index in [1.807, 2.05) is 36.4 Å². The van der Waals surface area contributed by atoms with Crippen molar-refractivity contribution in [2.24, 2.45) is 0 Å². The van der Waals surface area contributed by atoms with Gasteiger partial charge in [-0.1, -0.05) is 30.3 Å². The molecule has 0 saturated carbocycles. The largest absolute Gasteiger partial charge is 0.309 e. The number of hydrogen-bond acceptors (Lipinski definition) is 3. The summed E-state index contributed by atoms with van der Waals surface area (Å²) >= 11 is 7.48. The quantitative estimate of drug-likeness (QED) is 0.726. The SMILES string of the molecule is CC(Cl)c1nc2sc(-c3ccccc3)cc2c(=O)[nH]1. The molecule has 0 bridgehead atoms. The number of aromatic nitrogens is 2. The summed E-state index contributed by atoms with van der Waals surface area (Å²) in [6.45, 7) is 1.79. The fraction of sp³-hybridized carbons (Fsp3) is 0.143. The van der Waals surface area contributed by atoms with Crippen molar-refractivity contribution in [1.82, 2.24) is 9.97 Å². The zero-order valence-corrected chi connectivity index (χ0v) is 11.8. The fourth-order valence-electron chi connectivity index (χ4n) is 1.88. The average molecular weight is 291 g/mol. The fourth-order valence-corrected chi connectivity index (χ4v) is 3.03. The number of hydrogen-bond donors (Lipinski definition) is 1. The van der Waals surface area contributed by atoms with Crippen LogP contribution in [0.15, 0.2) is 41.2 Å². The van der Waals surface area contributed by atoms with Crippen LogP contribution in [0.3, 0.4) is 0 Å². The summed E-state index contributed by atoms with van der Waals surface area (Å²) < 4.78 is 0. The number of halogens is 1. The van der Waals surface area contributed by atoms with Crippen LogP contribution in [0, 0.1) is 0 Å². The van der Waals surface area contributed by atoms with Gasteiger partial charge in [0, 0.05) is 4.88 Å². The van der Waals surface area contributed by atoms with E-state index >= 15 is 0 Å². The van der Waals surface area contributed by atoms with Gasteiger partial charge in [0.2, 0.25) is 0 Å². The van der Waals surface area contributed by atoms with Crippen molar-refractivity contribution < 1.29 is 0 Å². The first-order valence-electron chi connectivity index (χ1n) is 5.88. The summed E-state index contributed by atoms with van der Waals surface area (Å²) in [5.41, 5.74) is 0.955. The minimum Gasteiger partial charge on any atom is -0.309 e. The maximum Gasteiger partial charge on any atom is 0.259 e. The van der Waals surface area contributed by atoms with Gasteiger partial charge in [0.15, 0.2) is 0 Å². The normalized spacial score (nSPS) is 12.7. The van der Waals surface area contributed by atoms with Gasteiger partial charge in [0.25, 0.3) is 5.56 Å². The lowest BCUT2D eigenvalue weighted by atomic mass is 10.2. The number of nitrogens with one attached hydrogen (secondary N) is 1. The molecule has 1 atom stereocenters. The second kappa shape index (κ2) is 4.79. The number of thiophene rings is 1. The zero-order valence-electron chi connectivity index (χ0n) is 10.2. The topological polar surface area (TPSA) is 45.8 Å². The summed E-state index contributed by atoms with van der Waals surface area (Å²) in [6, 6.07) is 11.8. The molecule has 2 aromatic heterocycles. The Morgan fingerprint density at radius 2 is 2.05 bits per heavy atom. The Hall–Kier alpha value is -1.65. The molecule has 2 heterocycles. The van der Waals surface area contributed by atoms with Gasteiger partial charge in [0.05, 0.1) is 10.8 Å². The first-order chi connectivity index (χ1) is 9.15. The van der Waals surface area contributed by atoms with Crippen LogP contribution in [-0.2, 0) is 0 Å². The highest BCUT2D eigenvalue weighted by Crippen LogP contribution is 2.31. The average Bonchev–Trinajstić information content (AvgIpc) is 2.84.